The van der Waals surface area contributed by atoms with E-state index in [2.05, 4.69) is 6.92 Å². The maximum atomic E-state index is 11.3. The predicted octanol–water partition coefficient (Wildman–Crippen LogP) is 1.39. The van der Waals surface area contributed by atoms with Crippen LogP contribution < -0.4 is 5.14 Å². The normalized spacial score (nSPS) is 19.3. The number of nitrogens with two attached hydrogens (primary N) is 1. The lowest BCUT2D eigenvalue weighted by atomic mass is 9.99. The van der Waals surface area contributed by atoms with Crippen LogP contribution in [0, 0.1) is 0 Å². The van der Waals surface area contributed by atoms with E-state index in [-0.39, 0.29) is 10.3 Å². The summed E-state index contributed by atoms with van der Waals surface area (Å²) in [5, 5.41) is 5.15. The smallest absolute Gasteiger partial charge is 0.225 e. The highest BCUT2D eigenvalue weighted by molar-refractivity contribution is 7.89. The molecule has 1 aliphatic rings. The summed E-state index contributed by atoms with van der Waals surface area (Å²) in [6.45, 7) is 2.07. The van der Waals surface area contributed by atoms with E-state index in [1.54, 1.807) is 12.1 Å². The van der Waals surface area contributed by atoms with Gasteiger partial charge < -0.3 is 0 Å². The van der Waals surface area contributed by atoms with Crippen molar-refractivity contribution in [3.05, 3.63) is 29.8 Å². The number of hydrogen-bond acceptors (Lipinski definition) is 2. The van der Waals surface area contributed by atoms with Crippen molar-refractivity contribution in [1.82, 2.24) is 0 Å². The van der Waals surface area contributed by atoms with Crippen LogP contribution in [-0.4, -0.2) is 8.42 Å². The third-order valence-corrected chi connectivity index (χ3v) is 3.81. The van der Waals surface area contributed by atoms with Crippen LogP contribution in [0.25, 0.3) is 0 Å². The topological polar surface area (TPSA) is 60.2 Å². The quantitative estimate of drug-likeness (QED) is 0.803. The first-order valence-electron chi connectivity index (χ1n) is 4.56. The molecule has 0 radical (unpaired) electrons. The molecule has 0 saturated heterocycles. The minimum absolute atomic E-state index is 0.0308. The lowest BCUT2D eigenvalue weighted by Crippen LogP contribution is -2.17. The maximum absolute atomic E-state index is 11.3. The van der Waals surface area contributed by atoms with Crippen LogP contribution in [0.3, 0.4) is 0 Å². The van der Waals surface area contributed by atoms with E-state index in [1.165, 1.54) is 0 Å². The number of benzene rings is 1. The molecule has 14 heavy (non-hydrogen) atoms. The largest absolute Gasteiger partial charge is 0.238 e. The van der Waals surface area contributed by atoms with Crippen LogP contribution in [0.2, 0.25) is 0 Å². The highest BCUT2D eigenvalue weighted by atomic mass is 32.2. The summed E-state index contributed by atoms with van der Waals surface area (Å²) in [4.78, 5) is 0.278. The van der Waals surface area contributed by atoms with Crippen LogP contribution in [0.5, 0.6) is 0 Å². The minimum atomic E-state index is -3.58. The monoisotopic (exact) mass is 211 g/mol. The lowest BCUT2D eigenvalue weighted by molar-refractivity contribution is 0.594. The minimum Gasteiger partial charge on any atom is -0.225 e. The van der Waals surface area contributed by atoms with Gasteiger partial charge in [0.15, 0.2) is 0 Å². The van der Waals surface area contributed by atoms with Crippen molar-refractivity contribution in [2.45, 2.75) is 30.1 Å². The molecule has 76 valence electrons. The third-order valence-electron chi connectivity index (χ3n) is 2.84. The molecule has 1 aromatic carbocycles. The third kappa shape index (κ3) is 1.55. The molecular formula is C10H13NO2S. The fourth-order valence-electron chi connectivity index (χ4n) is 1.67. The van der Waals surface area contributed by atoms with Gasteiger partial charge in [-0.15, -0.1) is 0 Å². The molecule has 2 N–H and O–H groups in total. The van der Waals surface area contributed by atoms with Crippen LogP contribution in [0.15, 0.2) is 29.2 Å². The molecule has 1 fully saturated rings. The second-order valence-electron chi connectivity index (χ2n) is 4.10. The van der Waals surface area contributed by atoms with Gasteiger partial charge in [0.25, 0.3) is 0 Å². The predicted molar refractivity (Wildman–Crippen MR) is 54.4 cm³/mol. The Morgan fingerprint density at radius 2 is 1.86 bits per heavy atom. The summed E-state index contributed by atoms with van der Waals surface area (Å²) in [5.41, 5.74) is 0.894. The first-order chi connectivity index (χ1) is 6.43. The second-order valence-corrected chi connectivity index (χ2v) is 5.63. The van der Waals surface area contributed by atoms with Gasteiger partial charge in [0.1, 0.15) is 0 Å². The molecule has 0 unspecified atom stereocenters. The Bertz CT molecular complexity index is 461. The average molecular weight is 211 g/mol. The molecule has 0 aromatic heterocycles. The van der Waals surface area contributed by atoms with Crippen molar-refractivity contribution < 1.29 is 8.42 Å². The first-order valence-corrected chi connectivity index (χ1v) is 6.10. The standard InChI is InChI=1S/C10H13NO2S/c1-10(6-7-10)8-4-2-3-5-9(8)14(11,12)13/h2-5H,6-7H2,1H3,(H2,11,12,13). The van der Waals surface area contributed by atoms with Gasteiger partial charge in [0.2, 0.25) is 10.0 Å². The Morgan fingerprint density at radius 1 is 1.29 bits per heavy atom. The fraction of sp³-hybridized carbons (Fsp3) is 0.400. The molecular weight excluding hydrogens is 198 g/mol. The van der Waals surface area contributed by atoms with Gasteiger partial charge in [-0.25, -0.2) is 13.6 Å². The van der Waals surface area contributed by atoms with Crippen molar-refractivity contribution in [3.8, 4) is 0 Å². The van der Waals surface area contributed by atoms with Gasteiger partial charge in [0.05, 0.1) is 4.90 Å². The van der Waals surface area contributed by atoms with Gasteiger partial charge in [-0.05, 0) is 29.9 Å². The Morgan fingerprint density at radius 3 is 2.36 bits per heavy atom. The zero-order valence-corrected chi connectivity index (χ0v) is 8.84. The zero-order valence-electron chi connectivity index (χ0n) is 8.03. The summed E-state index contributed by atoms with van der Waals surface area (Å²) >= 11 is 0. The Labute approximate surface area is 84.0 Å². The Kier molecular flexibility index (Phi) is 1.94. The van der Waals surface area contributed by atoms with E-state index in [1.807, 2.05) is 12.1 Å². The summed E-state index contributed by atoms with van der Waals surface area (Å²) in [6, 6.07) is 6.99. The number of primary sulfonamides is 1. The van der Waals surface area contributed by atoms with E-state index in [0.29, 0.717) is 0 Å². The Hall–Kier alpha value is -0.870. The summed E-state index contributed by atoms with van der Waals surface area (Å²) in [7, 11) is -3.58. The van der Waals surface area contributed by atoms with E-state index in [0.717, 1.165) is 18.4 Å². The van der Waals surface area contributed by atoms with Crippen LogP contribution in [0.4, 0.5) is 0 Å². The first kappa shape index (κ1) is 9.68. The van der Waals surface area contributed by atoms with E-state index in [9.17, 15) is 8.42 Å². The fourth-order valence-corrected chi connectivity index (χ4v) is 2.56. The molecule has 1 aromatic rings. The van der Waals surface area contributed by atoms with E-state index < -0.39 is 10.0 Å². The Balaban J connectivity index is 2.61. The molecule has 0 bridgehead atoms. The molecule has 0 heterocycles. The van der Waals surface area contributed by atoms with Gasteiger partial charge in [-0.3, -0.25) is 0 Å². The molecule has 0 aliphatic heterocycles. The molecule has 1 saturated carbocycles. The summed E-state index contributed by atoms with van der Waals surface area (Å²) in [5.74, 6) is 0. The average Bonchev–Trinajstić information content (AvgIpc) is 2.84. The van der Waals surface area contributed by atoms with Crippen molar-refractivity contribution in [2.24, 2.45) is 5.14 Å². The summed E-state index contributed by atoms with van der Waals surface area (Å²) < 4.78 is 22.6. The van der Waals surface area contributed by atoms with Crippen LogP contribution in [-0.2, 0) is 15.4 Å². The summed E-state index contributed by atoms with van der Waals surface area (Å²) in [6.07, 6.45) is 2.08. The van der Waals surface area contributed by atoms with E-state index in [4.69, 9.17) is 5.14 Å². The van der Waals surface area contributed by atoms with Crippen molar-refractivity contribution in [3.63, 3.8) is 0 Å². The molecule has 0 spiro atoms. The number of sulfonamides is 1. The van der Waals surface area contributed by atoms with Gasteiger partial charge in [-0.1, -0.05) is 25.1 Å². The van der Waals surface area contributed by atoms with Crippen LogP contribution >= 0.6 is 0 Å². The van der Waals surface area contributed by atoms with Crippen molar-refractivity contribution in [1.29, 1.82) is 0 Å². The van der Waals surface area contributed by atoms with Gasteiger partial charge in [-0.2, -0.15) is 0 Å². The number of rotatable bonds is 2. The van der Waals surface area contributed by atoms with Gasteiger partial charge >= 0.3 is 0 Å². The van der Waals surface area contributed by atoms with Crippen LogP contribution in [0.1, 0.15) is 25.3 Å². The molecule has 3 nitrogen and oxygen atoms in total. The molecule has 4 heteroatoms. The molecule has 0 atom stereocenters. The van der Waals surface area contributed by atoms with Crippen molar-refractivity contribution >= 4 is 10.0 Å². The SMILES string of the molecule is CC1(c2ccccc2S(N)(=O)=O)CC1. The molecule has 1 aliphatic carbocycles. The zero-order chi connectivity index (χ0) is 10.4. The highest BCUT2D eigenvalue weighted by Crippen LogP contribution is 2.49. The number of hydrogen-bond donors (Lipinski definition) is 1. The lowest BCUT2D eigenvalue weighted by Gasteiger charge is -2.12. The molecule has 2 rings (SSSR count). The highest BCUT2D eigenvalue weighted by Gasteiger charge is 2.41. The van der Waals surface area contributed by atoms with E-state index >= 15 is 0 Å². The van der Waals surface area contributed by atoms with Gasteiger partial charge in [0, 0.05) is 0 Å². The van der Waals surface area contributed by atoms with Crippen molar-refractivity contribution in [2.75, 3.05) is 0 Å². The second kappa shape index (κ2) is 2.81. The molecule has 0 amide bonds. The maximum Gasteiger partial charge on any atom is 0.238 e.